The highest BCUT2D eigenvalue weighted by atomic mass is 35.5. The maximum Gasteiger partial charge on any atom is 0.218 e. The summed E-state index contributed by atoms with van der Waals surface area (Å²) in [5, 5.41) is 0.374. The Morgan fingerprint density at radius 1 is 1.17 bits per heavy atom. The Kier molecular flexibility index (Phi) is 3.13. The molecule has 0 spiro atoms. The fraction of sp³-hybridized carbons (Fsp3) is 0.231. The molecule has 1 aliphatic heterocycles. The van der Waals surface area contributed by atoms with Gasteiger partial charge in [0.2, 0.25) is 5.88 Å². The number of nitrogens with zero attached hydrogens (tertiary/aromatic N) is 2. The summed E-state index contributed by atoms with van der Waals surface area (Å²) in [5.41, 5.74) is 0.912. The second-order valence-electron chi connectivity index (χ2n) is 4.00. The predicted molar refractivity (Wildman–Crippen MR) is 67.7 cm³/mol. The minimum Gasteiger partial charge on any atom is -0.469 e. The van der Waals surface area contributed by atoms with E-state index in [2.05, 4.69) is 9.97 Å². The molecule has 1 saturated heterocycles. The van der Waals surface area contributed by atoms with E-state index in [4.69, 9.17) is 21.1 Å². The Balaban J connectivity index is 1.90. The van der Waals surface area contributed by atoms with Crippen molar-refractivity contribution in [3.63, 3.8) is 0 Å². The summed E-state index contributed by atoms with van der Waals surface area (Å²) in [4.78, 5) is 8.55. The standard InChI is InChI=1S/C13H11ClN2O2/c14-11-6-12(18-10-7-17-8-10)16-13(15-11)9-4-2-1-3-5-9/h1-6,10H,7-8H2. The maximum atomic E-state index is 5.98. The number of aromatic nitrogens is 2. The van der Waals surface area contributed by atoms with Gasteiger partial charge in [-0.2, -0.15) is 4.98 Å². The first-order chi connectivity index (χ1) is 8.81. The van der Waals surface area contributed by atoms with E-state index in [9.17, 15) is 0 Å². The largest absolute Gasteiger partial charge is 0.469 e. The predicted octanol–water partition coefficient (Wildman–Crippen LogP) is 2.57. The van der Waals surface area contributed by atoms with E-state index in [1.165, 1.54) is 0 Å². The number of hydrogen-bond donors (Lipinski definition) is 0. The molecule has 92 valence electrons. The Morgan fingerprint density at radius 2 is 1.94 bits per heavy atom. The van der Waals surface area contributed by atoms with Gasteiger partial charge in [-0.15, -0.1) is 0 Å². The molecular formula is C13H11ClN2O2. The van der Waals surface area contributed by atoms with Gasteiger partial charge in [0.1, 0.15) is 11.3 Å². The SMILES string of the molecule is Clc1cc(OC2COC2)nc(-c2ccccc2)n1. The Labute approximate surface area is 110 Å². The molecule has 3 rings (SSSR count). The molecule has 1 aliphatic rings. The maximum absolute atomic E-state index is 5.98. The molecule has 0 bridgehead atoms. The van der Waals surface area contributed by atoms with Gasteiger partial charge in [-0.1, -0.05) is 41.9 Å². The van der Waals surface area contributed by atoms with Gasteiger partial charge in [0.15, 0.2) is 5.82 Å². The van der Waals surface area contributed by atoms with Crippen LogP contribution in [0.2, 0.25) is 5.15 Å². The van der Waals surface area contributed by atoms with Crippen LogP contribution in [0, 0.1) is 0 Å². The highest BCUT2D eigenvalue weighted by Crippen LogP contribution is 2.22. The lowest BCUT2D eigenvalue weighted by Crippen LogP contribution is -2.38. The van der Waals surface area contributed by atoms with E-state index in [0.29, 0.717) is 30.1 Å². The van der Waals surface area contributed by atoms with Crippen molar-refractivity contribution in [1.82, 2.24) is 9.97 Å². The summed E-state index contributed by atoms with van der Waals surface area (Å²) in [6.45, 7) is 1.20. The second-order valence-corrected chi connectivity index (χ2v) is 4.38. The summed E-state index contributed by atoms with van der Waals surface area (Å²) in [7, 11) is 0. The molecule has 18 heavy (non-hydrogen) atoms. The third-order valence-corrected chi connectivity index (χ3v) is 2.79. The Morgan fingerprint density at radius 3 is 2.61 bits per heavy atom. The molecule has 0 atom stereocenters. The molecule has 0 aliphatic carbocycles. The number of hydrogen-bond acceptors (Lipinski definition) is 4. The zero-order chi connectivity index (χ0) is 12.4. The van der Waals surface area contributed by atoms with Gasteiger partial charge in [-0.25, -0.2) is 4.98 Å². The zero-order valence-corrected chi connectivity index (χ0v) is 10.3. The van der Waals surface area contributed by atoms with Crippen LogP contribution in [0.1, 0.15) is 0 Å². The second kappa shape index (κ2) is 4.92. The molecule has 5 heteroatoms. The molecule has 4 nitrogen and oxygen atoms in total. The molecule has 0 amide bonds. The van der Waals surface area contributed by atoms with E-state index in [1.54, 1.807) is 6.07 Å². The summed E-state index contributed by atoms with van der Waals surface area (Å²) < 4.78 is 10.7. The molecule has 1 fully saturated rings. The number of benzene rings is 1. The molecule has 0 radical (unpaired) electrons. The highest BCUT2D eigenvalue weighted by Gasteiger charge is 2.21. The summed E-state index contributed by atoms with van der Waals surface area (Å²) in [5.74, 6) is 1.06. The van der Waals surface area contributed by atoms with Gasteiger partial charge in [-0.05, 0) is 0 Å². The number of halogens is 1. The average Bonchev–Trinajstić information content (AvgIpc) is 2.34. The van der Waals surface area contributed by atoms with Gasteiger partial charge in [0, 0.05) is 11.6 Å². The molecular weight excluding hydrogens is 252 g/mol. The fourth-order valence-corrected chi connectivity index (χ4v) is 1.80. The van der Waals surface area contributed by atoms with Crippen LogP contribution in [0.25, 0.3) is 11.4 Å². The van der Waals surface area contributed by atoms with E-state index >= 15 is 0 Å². The summed E-state index contributed by atoms with van der Waals surface area (Å²) in [6, 6.07) is 11.3. The van der Waals surface area contributed by atoms with Crippen LogP contribution < -0.4 is 4.74 Å². The smallest absolute Gasteiger partial charge is 0.218 e. The summed E-state index contributed by atoms with van der Waals surface area (Å²) in [6.07, 6.45) is 0.0691. The zero-order valence-electron chi connectivity index (χ0n) is 9.54. The summed E-state index contributed by atoms with van der Waals surface area (Å²) >= 11 is 5.98. The van der Waals surface area contributed by atoms with Gasteiger partial charge in [0.05, 0.1) is 13.2 Å². The van der Waals surface area contributed by atoms with Crippen molar-refractivity contribution in [3.8, 4) is 17.3 Å². The molecule has 2 heterocycles. The molecule has 0 N–H and O–H groups in total. The van der Waals surface area contributed by atoms with Crippen LogP contribution in [0.4, 0.5) is 0 Å². The average molecular weight is 263 g/mol. The molecule has 1 aromatic carbocycles. The van der Waals surface area contributed by atoms with E-state index in [0.717, 1.165) is 5.56 Å². The first-order valence-corrected chi connectivity index (χ1v) is 6.03. The molecule has 1 aromatic heterocycles. The number of rotatable bonds is 3. The van der Waals surface area contributed by atoms with Crippen LogP contribution in [0.15, 0.2) is 36.4 Å². The van der Waals surface area contributed by atoms with Gasteiger partial charge in [0.25, 0.3) is 0 Å². The van der Waals surface area contributed by atoms with Crippen molar-refractivity contribution in [1.29, 1.82) is 0 Å². The lowest BCUT2D eigenvalue weighted by molar-refractivity contribution is -0.0813. The van der Waals surface area contributed by atoms with Gasteiger partial charge < -0.3 is 9.47 Å². The minimum atomic E-state index is 0.0691. The lowest BCUT2D eigenvalue weighted by Gasteiger charge is -2.26. The molecule has 0 saturated carbocycles. The quantitative estimate of drug-likeness (QED) is 0.798. The van der Waals surface area contributed by atoms with Crippen LogP contribution in [-0.2, 0) is 4.74 Å². The highest BCUT2D eigenvalue weighted by molar-refractivity contribution is 6.29. The third-order valence-electron chi connectivity index (χ3n) is 2.60. The van der Waals surface area contributed by atoms with Crippen molar-refractivity contribution in [2.45, 2.75) is 6.10 Å². The Hall–Kier alpha value is -1.65. The molecule has 2 aromatic rings. The van der Waals surface area contributed by atoms with Crippen LogP contribution in [0.5, 0.6) is 5.88 Å². The van der Waals surface area contributed by atoms with Crippen molar-refractivity contribution >= 4 is 11.6 Å². The van der Waals surface area contributed by atoms with Crippen molar-refractivity contribution in [2.75, 3.05) is 13.2 Å². The normalized spacial score (nSPS) is 15.2. The van der Waals surface area contributed by atoms with Gasteiger partial charge >= 0.3 is 0 Å². The first kappa shape index (κ1) is 11.4. The first-order valence-electron chi connectivity index (χ1n) is 5.66. The van der Waals surface area contributed by atoms with Crippen molar-refractivity contribution in [3.05, 3.63) is 41.6 Å². The monoisotopic (exact) mass is 262 g/mol. The van der Waals surface area contributed by atoms with E-state index < -0.39 is 0 Å². The van der Waals surface area contributed by atoms with Crippen LogP contribution in [-0.4, -0.2) is 29.3 Å². The van der Waals surface area contributed by atoms with Crippen LogP contribution in [0.3, 0.4) is 0 Å². The lowest BCUT2D eigenvalue weighted by atomic mass is 10.2. The van der Waals surface area contributed by atoms with Gasteiger partial charge in [-0.3, -0.25) is 0 Å². The topological polar surface area (TPSA) is 44.2 Å². The minimum absolute atomic E-state index is 0.0691. The van der Waals surface area contributed by atoms with E-state index in [1.807, 2.05) is 30.3 Å². The van der Waals surface area contributed by atoms with Crippen molar-refractivity contribution in [2.24, 2.45) is 0 Å². The third kappa shape index (κ3) is 2.44. The van der Waals surface area contributed by atoms with Crippen molar-refractivity contribution < 1.29 is 9.47 Å². The Bertz CT molecular complexity index is 544. The fourth-order valence-electron chi connectivity index (χ4n) is 1.63. The van der Waals surface area contributed by atoms with Crippen LogP contribution >= 0.6 is 11.6 Å². The van der Waals surface area contributed by atoms with E-state index in [-0.39, 0.29) is 6.10 Å². The molecule has 0 unspecified atom stereocenters. The number of ether oxygens (including phenoxy) is 2.